The van der Waals surface area contributed by atoms with Gasteiger partial charge in [-0.2, -0.15) is 0 Å². The molecule has 1 heterocycles. The van der Waals surface area contributed by atoms with Crippen molar-refractivity contribution in [1.29, 1.82) is 0 Å². The molecule has 0 bridgehead atoms. The monoisotopic (exact) mass is 636 g/mol. The third kappa shape index (κ3) is 4.63. The van der Waals surface area contributed by atoms with Gasteiger partial charge in [-0.25, -0.2) is 0 Å². The molecule has 0 aliphatic heterocycles. The highest BCUT2D eigenvalue weighted by Crippen LogP contribution is 2.44. The van der Waals surface area contributed by atoms with Gasteiger partial charge in [0.2, 0.25) is 0 Å². The molecule has 0 radical (unpaired) electrons. The molecule has 0 N–H and O–H groups in total. The fourth-order valence-corrected chi connectivity index (χ4v) is 7.99. The molecule has 0 saturated carbocycles. The molecule has 0 fully saturated rings. The molecular formula is C49H32O. The fraction of sp³-hybridized carbons (Fsp3) is 0.0204. The van der Waals surface area contributed by atoms with E-state index in [1.54, 1.807) is 0 Å². The van der Waals surface area contributed by atoms with Crippen LogP contribution in [0.3, 0.4) is 0 Å². The van der Waals surface area contributed by atoms with E-state index in [2.05, 4.69) is 188 Å². The highest BCUT2D eigenvalue weighted by atomic mass is 16.3. The molecule has 10 aromatic rings. The zero-order valence-corrected chi connectivity index (χ0v) is 27.4. The third-order valence-corrected chi connectivity index (χ3v) is 10.4. The van der Waals surface area contributed by atoms with Gasteiger partial charge in [-0.1, -0.05) is 176 Å². The highest BCUT2D eigenvalue weighted by molar-refractivity contribution is 6.18. The van der Waals surface area contributed by atoms with Gasteiger partial charge in [-0.15, -0.1) is 0 Å². The zero-order chi connectivity index (χ0) is 33.0. The molecular weight excluding hydrogens is 605 g/mol. The minimum Gasteiger partial charge on any atom is -0.455 e. The van der Waals surface area contributed by atoms with E-state index >= 15 is 0 Å². The molecule has 0 aliphatic rings. The summed E-state index contributed by atoms with van der Waals surface area (Å²) in [4.78, 5) is 0. The Labute approximate surface area is 290 Å². The standard InChI is InChI=1S/C49H32O/c1-3-12-33(13-4-1)41-20-11-21-44-46-31-45(42-18-9-10-19-43(42)49(46)50-48(41)44)47(35-15-5-2-6-16-35)36-25-22-32(23-26-36)37-28-29-40-38(30-37)27-24-34-14-7-8-17-39(34)40/h1-31,47H. The molecule has 9 aromatic carbocycles. The van der Waals surface area contributed by atoms with Gasteiger partial charge < -0.3 is 4.42 Å². The Bertz CT molecular complexity index is 2840. The van der Waals surface area contributed by atoms with Crippen LogP contribution in [0.1, 0.15) is 22.6 Å². The lowest BCUT2D eigenvalue weighted by Gasteiger charge is -2.21. The minimum atomic E-state index is 0.0322. The van der Waals surface area contributed by atoms with Crippen molar-refractivity contribution in [1.82, 2.24) is 0 Å². The zero-order valence-electron chi connectivity index (χ0n) is 27.4. The Morgan fingerprint density at radius 1 is 0.320 bits per heavy atom. The SMILES string of the molecule is c1ccc(-c2cccc3c2oc2c4ccccc4c(C(c4ccccc4)c4ccc(-c5ccc6c(ccc7ccccc76)c5)cc4)cc32)cc1. The average molecular weight is 637 g/mol. The lowest BCUT2D eigenvalue weighted by Crippen LogP contribution is -2.04. The molecule has 10 rings (SSSR count). The lowest BCUT2D eigenvalue weighted by molar-refractivity contribution is 0.673. The van der Waals surface area contributed by atoms with Crippen molar-refractivity contribution >= 4 is 54.3 Å². The van der Waals surface area contributed by atoms with E-state index in [1.807, 2.05) is 0 Å². The van der Waals surface area contributed by atoms with Crippen LogP contribution < -0.4 is 0 Å². The molecule has 0 saturated heterocycles. The van der Waals surface area contributed by atoms with Gasteiger partial charge in [0.05, 0.1) is 0 Å². The summed E-state index contributed by atoms with van der Waals surface area (Å²) >= 11 is 0. The van der Waals surface area contributed by atoms with Crippen molar-refractivity contribution in [3.63, 3.8) is 0 Å². The molecule has 0 spiro atoms. The summed E-state index contributed by atoms with van der Waals surface area (Å²) in [6.45, 7) is 0. The van der Waals surface area contributed by atoms with Crippen molar-refractivity contribution in [2.45, 2.75) is 5.92 Å². The maximum Gasteiger partial charge on any atom is 0.143 e. The van der Waals surface area contributed by atoms with Crippen LogP contribution in [-0.4, -0.2) is 0 Å². The summed E-state index contributed by atoms with van der Waals surface area (Å²) < 4.78 is 6.82. The van der Waals surface area contributed by atoms with Gasteiger partial charge in [0.25, 0.3) is 0 Å². The lowest BCUT2D eigenvalue weighted by atomic mass is 9.81. The Balaban J connectivity index is 1.14. The van der Waals surface area contributed by atoms with Crippen LogP contribution in [0.5, 0.6) is 0 Å². The van der Waals surface area contributed by atoms with E-state index in [1.165, 1.54) is 54.7 Å². The quantitative estimate of drug-likeness (QED) is 0.135. The van der Waals surface area contributed by atoms with E-state index in [4.69, 9.17) is 4.42 Å². The van der Waals surface area contributed by atoms with E-state index < -0.39 is 0 Å². The van der Waals surface area contributed by atoms with Crippen LogP contribution in [0.15, 0.2) is 192 Å². The molecule has 1 aromatic heterocycles. The molecule has 1 heteroatoms. The molecule has 50 heavy (non-hydrogen) atoms. The van der Waals surface area contributed by atoms with Gasteiger partial charge in [0.15, 0.2) is 0 Å². The fourth-order valence-electron chi connectivity index (χ4n) is 7.99. The molecule has 234 valence electrons. The summed E-state index contributed by atoms with van der Waals surface area (Å²) in [6, 6.07) is 68.2. The number of rotatable bonds is 5. The number of furan rings is 1. The Kier molecular flexibility index (Phi) is 6.63. The minimum absolute atomic E-state index is 0.0322. The molecule has 1 atom stereocenters. The summed E-state index contributed by atoms with van der Waals surface area (Å²) in [7, 11) is 0. The molecule has 0 amide bonds. The second-order valence-electron chi connectivity index (χ2n) is 13.2. The van der Waals surface area contributed by atoms with E-state index in [9.17, 15) is 0 Å². The van der Waals surface area contributed by atoms with Crippen LogP contribution in [0.4, 0.5) is 0 Å². The van der Waals surface area contributed by atoms with Crippen LogP contribution >= 0.6 is 0 Å². The predicted octanol–water partition coefficient (Wildman–Crippen LogP) is 13.6. The normalized spacial score (nSPS) is 12.3. The maximum absolute atomic E-state index is 6.82. The average Bonchev–Trinajstić information content (AvgIpc) is 3.58. The molecule has 0 aliphatic carbocycles. The Morgan fingerprint density at radius 2 is 0.920 bits per heavy atom. The summed E-state index contributed by atoms with van der Waals surface area (Å²) in [6.07, 6.45) is 0. The van der Waals surface area contributed by atoms with Crippen molar-refractivity contribution < 1.29 is 4.42 Å². The molecule has 1 nitrogen and oxygen atoms in total. The van der Waals surface area contributed by atoms with Gasteiger partial charge in [0.1, 0.15) is 11.2 Å². The second-order valence-corrected chi connectivity index (χ2v) is 13.2. The van der Waals surface area contributed by atoms with E-state index in [0.29, 0.717) is 0 Å². The topological polar surface area (TPSA) is 13.1 Å². The first-order valence-electron chi connectivity index (χ1n) is 17.3. The second kappa shape index (κ2) is 11.6. The van der Waals surface area contributed by atoms with Crippen molar-refractivity contribution in [3.05, 3.63) is 205 Å². The summed E-state index contributed by atoms with van der Waals surface area (Å²) in [5, 5.41) is 9.74. The van der Waals surface area contributed by atoms with E-state index in [0.717, 1.165) is 38.5 Å². The molecule has 1 unspecified atom stereocenters. The first kappa shape index (κ1) is 28.6. The number of benzene rings is 9. The highest BCUT2D eigenvalue weighted by Gasteiger charge is 2.23. The maximum atomic E-state index is 6.82. The van der Waals surface area contributed by atoms with Gasteiger partial charge in [-0.05, 0) is 72.4 Å². The number of para-hydroxylation sites is 1. The van der Waals surface area contributed by atoms with Gasteiger partial charge >= 0.3 is 0 Å². The van der Waals surface area contributed by atoms with Crippen molar-refractivity contribution in [2.75, 3.05) is 0 Å². The number of hydrogen-bond donors (Lipinski definition) is 0. The van der Waals surface area contributed by atoms with Crippen molar-refractivity contribution in [3.8, 4) is 22.3 Å². The predicted molar refractivity (Wildman–Crippen MR) is 211 cm³/mol. The van der Waals surface area contributed by atoms with Gasteiger partial charge in [0, 0.05) is 27.6 Å². The third-order valence-electron chi connectivity index (χ3n) is 10.4. The Hall–Kier alpha value is -6.44. The van der Waals surface area contributed by atoms with Crippen LogP contribution in [0, 0.1) is 0 Å². The van der Waals surface area contributed by atoms with Crippen LogP contribution in [-0.2, 0) is 0 Å². The number of fused-ring (bicyclic) bond motifs is 8. The van der Waals surface area contributed by atoms with Crippen LogP contribution in [0.2, 0.25) is 0 Å². The van der Waals surface area contributed by atoms with E-state index in [-0.39, 0.29) is 5.92 Å². The Morgan fingerprint density at radius 3 is 1.74 bits per heavy atom. The summed E-state index contributed by atoms with van der Waals surface area (Å²) in [5.41, 5.74) is 10.4. The largest absolute Gasteiger partial charge is 0.455 e. The first-order valence-corrected chi connectivity index (χ1v) is 17.3. The number of hydrogen-bond acceptors (Lipinski definition) is 1. The van der Waals surface area contributed by atoms with Crippen molar-refractivity contribution in [2.24, 2.45) is 0 Å². The first-order chi connectivity index (χ1) is 24.8. The summed E-state index contributed by atoms with van der Waals surface area (Å²) in [5.74, 6) is 0.0322. The smallest absolute Gasteiger partial charge is 0.143 e. The van der Waals surface area contributed by atoms with Crippen LogP contribution in [0.25, 0.3) is 76.5 Å². The van der Waals surface area contributed by atoms with Gasteiger partial charge in [-0.3, -0.25) is 0 Å².